The molecule has 5 nitrogen and oxygen atoms in total. The van der Waals surface area contributed by atoms with Crippen molar-refractivity contribution < 1.29 is 4.79 Å². The summed E-state index contributed by atoms with van der Waals surface area (Å²) in [6, 6.07) is 14.7. The molecule has 0 saturated heterocycles. The maximum atomic E-state index is 11.6. The number of nitrogens with zero attached hydrogens (tertiary/aromatic N) is 2. The Kier molecular flexibility index (Phi) is 4.98. The van der Waals surface area contributed by atoms with Gasteiger partial charge in [0, 0.05) is 13.1 Å². The van der Waals surface area contributed by atoms with Gasteiger partial charge in [0.15, 0.2) is 12.2 Å². The average molecular weight is 376 g/mol. The van der Waals surface area contributed by atoms with Gasteiger partial charge in [-0.25, -0.2) is 4.98 Å². The van der Waals surface area contributed by atoms with E-state index in [1.807, 2.05) is 29.8 Å². The Labute approximate surface area is 161 Å². The van der Waals surface area contributed by atoms with Crippen LogP contribution in [0.25, 0.3) is 16.3 Å². The van der Waals surface area contributed by atoms with Gasteiger partial charge in [-0.3, -0.25) is 9.79 Å². The summed E-state index contributed by atoms with van der Waals surface area (Å²) >= 11 is 1.58. The van der Waals surface area contributed by atoms with Crippen molar-refractivity contribution in [1.82, 2.24) is 15.6 Å². The van der Waals surface area contributed by atoms with E-state index in [0.717, 1.165) is 34.9 Å². The molecule has 1 aromatic heterocycles. The monoisotopic (exact) mass is 376 g/mol. The number of fused-ring (bicyclic) bond motifs is 2. The van der Waals surface area contributed by atoms with Gasteiger partial charge in [0.25, 0.3) is 0 Å². The molecule has 0 saturated carbocycles. The van der Waals surface area contributed by atoms with Gasteiger partial charge in [0.2, 0.25) is 0 Å². The molecule has 6 heteroatoms. The molecule has 0 atom stereocenters. The van der Waals surface area contributed by atoms with E-state index in [0.29, 0.717) is 11.7 Å². The summed E-state index contributed by atoms with van der Waals surface area (Å²) in [5.74, 6) is 0.602. The number of aromatic nitrogens is 1. The third-order valence-corrected chi connectivity index (χ3v) is 5.47. The second-order valence-corrected chi connectivity index (χ2v) is 7.40. The number of allylic oxidation sites excluding steroid dienone is 1. The van der Waals surface area contributed by atoms with Crippen LogP contribution < -0.4 is 10.6 Å². The van der Waals surface area contributed by atoms with E-state index in [4.69, 9.17) is 0 Å². The highest BCUT2D eigenvalue weighted by Crippen LogP contribution is 2.22. The van der Waals surface area contributed by atoms with E-state index < -0.39 is 0 Å². The number of guanidine groups is 1. The number of carbonyl (C=O) groups is 1. The SMILES string of the molecule is CN=C(N/C(C=O)=C\c1ccc2ncsc2c1)NC1Cc2ccccc2C1. The lowest BCUT2D eigenvalue weighted by Gasteiger charge is -2.16. The summed E-state index contributed by atoms with van der Waals surface area (Å²) in [6.07, 6.45) is 4.55. The number of carbonyl (C=O) groups excluding carboxylic acids is 1. The van der Waals surface area contributed by atoms with Crippen LogP contribution in [0.2, 0.25) is 0 Å². The third kappa shape index (κ3) is 3.90. The Morgan fingerprint density at radius 3 is 2.70 bits per heavy atom. The van der Waals surface area contributed by atoms with Crippen LogP contribution in [0.5, 0.6) is 0 Å². The van der Waals surface area contributed by atoms with Crippen LogP contribution in [-0.2, 0) is 17.6 Å². The molecule has 136 valence electrons. The van der Waals surface area contributed by atoms with Crippen molar-refractivity contribution >= 4 is 39.9 Å². The van der Waals surface area contributed by atoms with Crippen LogP contribution in [0.1, 0.15) is 16.7 Å². The first-order valence-electron chi connectivity index (χ1n) is 8.82. The van der Waals surface area contributed by atoms with Crippen LogP contribution in [0.4, 0.5) is 0 Å². The second-order valence-electron chi connectivity index (χ2n) is 6.51. The molecule has 1 aliphatic carbocycles. The fourth-order valence-corrected chi connectivity index (χ4v) is 4.11. The van der Waals surface area contributed by atoms with Crippen LogP contribution in [0, 0.1) is 0 Å². The minimum absolute atomic E-state index is 0.273. The highest BCUT2D eigenvalue weighted by Gasteiger charge is 2.21. The van der Waals surface area contributed by atoms with Crippen molar-refractivity contribution in [3.05, 3.63) is 70.4 Å². The Morgan fingerprint density at radius 2 is 2.00 bits per heavy atom. The molecule has 4 rings (SSSR count). The lowest BCUT2D eigenvalue weighted by molar-refractivity contribution is -0.105. The third-order valence-electron chi connectivity index (χ3n) is 4.68. The molecule has 0 amide bonds. The molecule has 0 bridgehead atoms. The van der Waals surface area contributed by atoms with Crippen molar-refractivity contribution in [2.75, 3.05) is 7.05 Å². The highest BCUT2D eigenvalue weighted by atomic mass is 32.1. The predicted molar refractivity (Wildman–Crippen MR) is 111 cm³/mol. The van der Waals surface area contributed by atoms with E-state index in [9.17, 15) is 4.79 Å². The minimum atomic E-state index is 0.273. The van der Waals surface area contributed by atoms with Crippen molar-refractivity contribution in [3.63, 3.8) is 0 Å². The summed E-state index contributed by atoms with van der Waals surface area (Å²) < 4.78 is 1.10. The first kappa shape index (κ1) is 17.4. The lowest BCUT2D eigenvalue weighted by Crippen LogP contribution is -2.43. The first-order valence-corrected chi connectivity index (χ1v) is 9.70. The van der Waals surface area contributed by atoms with Gasteiger partial charge in [-0.05, 0) is 47.7 Å². The first-order chi connectivity index (χ1) is 13.2. The number of hydrogen-bond acceptors (Lipinski definition) is 4. The fraction of sp³-hybridized carbons (Fsp3) is 0.190. The maximum Gasteiger partial charge on any atom is 0.195 e. The van der Waals surface area contributed by atoms with Gasteiger partial charge in [-0.2, -0.15) is 0 Å². The van der Waals surface area contributed by atoms with Gasteiger partial charge in [0.05, 0.1) is 21.4 Å². The number of nitrogens with one attached hydrogen (secondary N) is 2. The molecule has 0 spiro atoms. The molecular weight excluding hydrogens is 356 g/mol. The number of benzene rings is 2. The zero-order valence-electron chi connectivity index (χ0n) is 15.0. The van der Waals surface area contributed by atoms with Crippen LogP contribution in [0.15, 0.2) is 58.7 Å². The van der Waals surface area contributed by atoms with Crippen LogP contribution in [-0.4, -0.2) is 30.3 Å². The number of rotatable bonds is 4. The Morgan fingerprint density at radius 1 is 1.22 bits per heavy atom. The van der Waals surface area contributed by atoms with Gasteiger partial charge >= 0.3 is 0 Å². The summed E-state index contributed by atoms with van der Waals surface area (Å²) in [7, 11) is 1.71. The molecule has 0 radical (unpaired) electrons. The predicted octanol–water partition coefficient (Wildman–Crippen LogP) is 3.17. The van der Waals surface area contributed by atoms with E-state index in [-0.39, 0.29) is 6.04 Å². The zero-order chi connectivity index (χ0) is 18.6. The van der Waals surface area contributed by atoms with E-state index >= 15 is 0 Å². The van der Waals surface area contributed by atoms with Crippen molar-refractivity contribution in [2.24, 2.45) is 4.99 Å². The molecule has 0 unspecified atom stereocenters. The van der Waals surface area contributed by atoms with Gasteiger partial charge in [-0.1, -0.05) is 30.3 Å². The normalized spacial score (nSPS) is 15.0. The molecule has 0 fully saturated rings. The number of hydrogen-bond donors (Lipinski definition) is 2. The molecule has 3 aromatic rings. The molecule has 1 heterocycles. The quantitative estimate of drug-likeness (QED) is 0.318. The summed E-state index contributed by atoms with van der Waals surface area (Å²) in [5.41, 5.74) is 6.94. The van der Waals surface area contributed by atoms with Crippen molar-refractivity contribution in [3.8, 4) is 0 Å². The topological polar surface area (TPSA) is 66.4 Å². The van der Waals surface area contributed by atoms with Crippen molar-refractivity contribution in [1.29, 1.82) is 0 Å². The minimum Gasteiger partial charge on any atom is -0.353 e. The lowest BCUT2D eigenvalue weighted by atomic mass is 10.1. The van der Waals surface area contributed by atoms with Crippen LogP contribution in [0.3, 0.4) is 0 Å². The Bertz CT molecular complexity index is 1010. The zero-order valence-corrected chi connectivity index (χ0v) is 15.8. The maximum absolute atomic E-state index is 11.6. The van der Waals surface area contributed by atoms with E-state index in [1.54, 1.807) is 18.4 Å². The Balaban J connectivity index is 1.46. The number of thiazole rings is 1. The standard InChI is InChI=1S/C21H20N4OS/c1-22-21(24-17-10-15-4-2-3-5-16(15)11-17)25-18(12-26)8-14-6-7-19-20(9-14)27-13-23-19/h2-9,12-13,17H,10-11H2,1H3,(H2,22,24,25)/b18-8-. The number of aldehydes is 1. The molecular formula is C21H20N4OS. The molecule has 1 aliphatic rings. The van der Waals surface area contributed by atoms with Gasteiger partial charge in [-0.15, -0.1) is 11.3 Å². The average Bonchev–Trinajstić information content (AvgIpc) is 3.32. The van der Waals surface area contributed by atoms with Crippen LogP contribution >= 0.6 is 11.3 Å². The molecule has 0 aliphatic heterocycles. The summed E-state index contributed by atoms with van der Waals surface area (Å²) in [4.78, 5) is 20.1. The smallest absolute Gasteiger partial charge is 0.195 e. The van der Waals surface area contributed by atoms with Crippen molar-refractivity contribution in [2.45, 2.75) is 18.9 Å². The second kappa shape index (κ2) is 7.72. The number of aliphatic imine (C=N–C) groups is 1. The Hall–Kier alpha value is -2.99. The van der Waals surface area contributed by atoms with Gasteiger partial charge < -0.3 is 10.6 Å². The van der Waals surface area contributed by atoms with Gasteiger partial charge in [0.1, 0.15) is 0 Å². The largest absolute Gasteiger partial charge is 0.353 e. The molecule has 2 aromatic carbocycles. The molecule has 2 N–H and O–H groups in total. The summed E-state index contributed by atoms with van der Waals surface area (Å²) in [5, 5.41) is 6.54. The van der Waals surface area contributed by atoms with E-state index in [2.05, 4.69) is 44.9 Å². The van der Waals surface area contributed by atoms with E-state index in [1.165, 1.54) is 11.1 Å². The highest BCUT2D eigenvalue weighted by molar-refractivity contribution is 7.16. The summed E-state index contributed by atoms with van der Waals surface area (Å²) in [6.45, 7) is 0. The molecule has 27 heavy (non-hydrogen) atoms. The fourth-order valence-electron chi connectivity index (χ4n) is 3.39.